The molecule has 0 radical (unpaired) electrons. The smallest absolute Gasteiger partial charge is 0.275 e. The number of anilines is 1. The van der Waals surface area contributed by atoms with E-state index in [1.807, 2.05) is 18.2 Å². The molecule has 0 spiro atoms. The molecule has 0 saturated carbocycles. The Bertz CT molecular complexity index is 1250. The average Bonchev–Trinajstić information content (AvgIpc) is 3.51. The van der Waals surface area contributed by atoms with Crippen LogP contribution in [0.25, 0.3) is 21.5 Å². The van der Waals surface area contributed by atoms with Crippen molar-refractivity contribution in [1.29, 1.82) is 0 Å². The third kappa shape index (κ3) is 3.78. The molecule has 1 saturated heterocycles. The number of fused-ring (bicyclic) bond motifs is 1. The van der Waals surface area contributed by atoms with E-state index in [1.165, 1.54) is 11.3 Å². The number of ether oxygens (including phenoxy) is 1. The number of hydrogen-bond donors (Lipinski definition) is 3. The molecule has 4 N–H and O–H groups in total. The number of alkyl halides is 1. The van der Waals surface area contributed by atoms with Crippen molar-refractivity contribution < 1.29 is 13.9 Å². The highest BCUT2D eigenvalue weighted by molar-refractivity contribution is 7.13. The fourth-order valence-corrected chi connectivity index (χ4v) is 4.75. The zero-order valence-corrected chi connectivity index (χ0v) is 18.1. The second kappa shape index (κ2) is 8.41. The van der Waals surface area contributed by atoms with Gasteiger partial charge in [-0.25, -0.2) is 9.37 Å². The zero-order valence-electron chi connectivity index (χ0n) is 17.3. The van der Waals surface area contributed by atoms with Gasteiger partial charge in [-0.3, -0.25) is 14.6 Å². The molecule has 3 atom stereocenters. The topological polar surface area (TPSA) is 124 Å². The molecule has 32 heavy (non-hydrogen) atoms. The molecular formula is C21H22FN7O2S. The number of nitrogens with two attached hydrogens (primary N) is 1. The van der Waals surface area contributed by atoms with E-state index >= 15 is 0 Å². The van der Waals surface area contributed by atoms with Crippen LogP contribution in [0.2, 0.25) is 0 Å². The molecule has 11 heteroatoms. The molecule has 5 rings (SSSR count). The minimum Gasteiger partial charge on any atom is -0.369 e. The van der Waals surface area contributed by atoms with E-state index in [0.717, 1.165) is 16.5 Å². The van der Waals surface area contributed by atoms with Gasteiger partial charge in [0.25, 0.3) is 5.91 Å². The van der Waals surface area contributed by atoms with Crippen LogP contribution in [0.3, 0.4) is 0 Å². The first-order chi connectivity index (χ1) is 15.5. The summed E-state index contributed by atoms with van der Waals surface area (Å²) in [6.45, 7) is -0.0843. The van der Waals surface area contributed by atoms with Crippen LogP contribution in [0.15, 0.2) is 36.0 Å². The molecular weight excluding hydrogens is 433 g/mol. The monoisotopic (exact) mass is 455 g/mol. The van der Waals surface area contributed by atoms with Crippen LogP contribution in [-0.4, -0.2) is 49.7 Å². The van der Waals surface area contributed by atoms with Crippen LogP contribution in [0.4, 0.5) is 10.1 Å². The molecule has 4 heterocycles. The van der Waals surface area contributed by atoms with E-state index in [0.29, 0.717) is 34.9 Å². The summed E-state index contributed by atoms with van der Waals surface area (Å²) in [5.41, 5.74) is 9.09. The molecule has 1 aliphatic rings. The van der Waals surface area contributed by atoms with E-state index < -0.39 is 18.3 Å². The van der Waals surface area contributed by atoms with Gasteiger partial charge in [-0.05, 0) is 18.9 Å². The number of aryl methyl sites for hydroxylation is 1. The Labute approximate surface area is 186 Å². The number of nitrogens with one attached hydrogen (secondary N) is 2. The fraction of sp³-hybridized carbons (Fsp3) is 0.333. The Kier molecular flexibility index (Phi) is 5.45. The van der Waals surface area contributed by atoms with Gasteiger partial charge in [-0.2, -0.15) is 10.2 Å². The van der Waals surface area contributed by atoms with Crippen molar-refractivity contribution in [2.24, 2.45) is 12.8 Å². The normalized spacial score (nSPS) is 21.5. The number of para-hydroxylation sites is 1. The van der Waals surface area contributed by atoms with Gasteiger partial charge in [-0.15, -0.1) is 11.3 Å². The maximum atomic E-state index is 13.9. The maximum absolute atomic E-state index is 13.9. The SMILES string of the molecule is Cn1ncc(NC(=O)c2csc(-c3cccc4cn[nH]c34)n2)c1C1CCC(N)C(F)CO1. The highest BCUT2D eigenvalue weighted by Crippen LogP contribution is 2.33. The third-order valence-electron chi connectivity index (χ3n) is 5.67. The van der Waals surface area contributed by atoms with Gasteiger partial charge >= 0.3 is 0 Å². The number of carbonyl (C=O) groups is 1. The first-order valence-electron chi connectivity index (χ1n) is 10.2. The summed E-state index contributed by atoms with van der Waals surface area (Å²) in [4.78, 5) is 17.5. The number of carbonyl (C=O) groups excluding carboxylic acids is 1. The number of nitrogens with zero attached hydrogens (tertiary/aromatic N) is 4. The number of aromatic amines is 1. The van der Waals surface area contributed by atoms with Crippen LogP contribution in [0.1, 0.15) is 35.1 Å². The molecule has 166 valence electrons. The second-order valence-electron chi connectivity index (χ2n) is 7.78. The summed E-state index contributed by atoms with van der Waals surface area (Å²) >= 11 is 1.38. The highest BCUT2D eigenvalue weighted by Gasteiger charge is 2.30. The van der Waals surface area contributed by atoms with Crippen LogP contribution < -0.4 is 11.1 Å². The second-order valence-corrected chi connectivity index (χ2v) is 8.64. The lowest BCUT2D eigenvalue weighted by atomic mass is 10.0. The largest absolute Gasteiger partial charge is 0.369 e. The first kappa shape index (κ1) is 20.7. The molecule has 4 aromatic rings. The molecule has 0 bridgehead atoms. The molecule has 3 unspecified atom stereocenters. The van der Waals surface area contributed by atoms with Gasteiger partial charge in [0.05, 0.1) is 35.9 Å². The number of hydrogen-bond acceptors (Lipinski definition) is 7. The Balaban J connectivity index is 1.37. The average molecular weight is 456 g/mol. The molecule has 3 aromatic heterocycles. The number of thiazole rings is 1. The summed E-state index contributed by atoms with van der Waals surface area (Å²) < 4.78 is 21.3. The number of benzene rings is 1. The van der Waals surface area contributed by atoms with Crippen LogP contribution in [0.5, 0.6) is 0 Å². The Morgan fingerprint density at radius 2 is 2.25 bits per heavy atom. The van der Waals surface area contributed by atoms with Gasteiger partial charge in [0, 0.05) is 29.4 Å². The lowest BCUT2D eigenvalue weighted by molar-refractivity contribution is 0.0247. The van der Waals surface area contributed by atoms with Gasteiger partial charge in [0.15, 0.2) is 0 Å². The minimum absolute atomic E-state index is 0.0843. The van der Waals surface area contributed by atoms with E-state index in [1.54, 1.807) is 29.5 Å². The summed E-state index contributed by atoms with van der Waals surface area (Å²) in [5.74, 6) is -0.354. The highest BCUT2D eigenvalue weighted by atomic mass is 32.1. The molecule has 1 aromatic carbocycles. The van der Waals surface area contributed by atoms with Gasteiger partial charge in [0.2, 0.25) is 0 Å². The third-order valence-corrected chi connectivity index (χ3v) is 6.54. The molecule has 1 fully saturated rings. The van der Waals surface area contributed by atoms with Gasteiger partial charge in [0.1, 0.15) is 23.0 Å². The Morgan fingerprint density at radius 1 is 1.38 bits per heavy atom. The van der Waals surface area contributed by atoms with E-state index in [-0.39, 0.29) is 12.5 Å². The van der Waals surface area contributed by atoms with E-state index in [4.69, 9.17) is 10.5 Å². The van der Waals surface area contributed by atoms with Crippen molar-refractivity contribution in [2.45, 2.75) is 31.2 Å². The maximum Gasteiger partial charge on any atom is 0.275 e. The van der Waals surface area contributed by atoms with Gasteiger partial charge < -0.3 is 15.8 Å². The molecule has 1 aliphatic heterocycles. The number of halogens is 1. The van der Waals surface area contributed by atoms with E-state index in [2.05, 4.69) is 25.6 Å². The Hall–Kier alpha value is -3.15. The predicted molar refractivity (Wildman–Crippen MR) is 119 cm³/mol. The number of H-pyrrole nitrogens is 1. The summed E-state index contributed by atoms with van der Waals surface area (Å²) in [5, 5.41) is 17.6. The van der Waals surface area contributed by atoms with Gasteiger partial charge in [-0.1, -0.05) is 12.1 Å². The number of amides is 1. The minimum atomic E-state index is -1.21. The van der Waals surface area contributed by atoms with E-state index in [9.17, 15) is 9.18 Å². The lowest BCUT2D eigenvalue weighted by Crippen LogP contribution is -2.32. The van der Waals surface area contributed by atoms with Crippen molar-refractivity contribution in [1.82, 2.24) is 25.0 Å². The number of rotatable bonds is 4. The lowest BCUT2D eigenvalue weighted by Gasteiger charge is -2.17. The van der Waals surface area contributed by atoms with Crippen molar-refractivity contribution in [3.63, 3.8) is 0 Å². The molecule has 9 nitrogen and oxygen atoms in total. The zero-order chi connectivity index (χ0) is 22.2. The molecule has 1 amide bonds. The standard InChI is InChI=1S/C21H22FN7O2S/c1-29-19(17-6-5-14(23)13(22)9-31-17)15(8-25-29)26-20(30)16-10-32-21(27-16)12-4-2-3-11-7-24-28-18(11)12/h2-4,7-8,10,13-14,17H,5-6,9,23H2,1H3,(H,24,28)(H,26,30). The predicted octanol–water partition coefficient (Wildman–Crippen LogP) is 3.19. The van der Waals surface area contributed by atoms with Crippen LogP contribution >= 0.6 is 11.3 Å². The summed E-state index contributed by atoms with van der Waals surface area (Å²) in [6, 6.07) is 5.27. The Morgan fingerprint density at radius 3 is 3.12 bits per heavy atom. The van der Waals surface area contributed by atoms with Crippen molar-refractivity contribution in [3.05, 3.63) is 47.4 Å². The van der Waals surface area contributed by atoms with Crippen molar-refractivity contribution in [2.75, 3.05) is 11.9 Å². The van der Waals surface area contributed by atoms with Crippen LogP contribution in [-0.2, 0) is 11.8 Å². The number of aromatic nitrogens is 5. The molecule has 0 aliphatic carbocycles. The van der Waals surface area contributed by atoms with Crippen molar-refractivity contribution in [3.8, 4) is 10.6 Å². The summed E-state index contributed by atoms with van der Waals surface area (Å²) in [7, 11) is 1.76. The first-order valence-corrected chi connectivity index (χ1v) is 11.1. The fourth-order valence-electron chi connectivity index (χ4n) is 3.92. The van der Waals surface area contributed by atoms with Crippen LogP contribution in [0, 0.1) is 0 Å². The quantitative estimate of drug-likeness (QED) is 0.434. The summed E-state index contributed by atoms with van der Waals surface area (Å²) in [6.07, 6.45) is 2.72. The van der Waals surface area contributed by atoms with Crippen molar-refractivity contribution >= 4 is 33.8 Å².